The molecular formula is C24H20N4O2. The Kier molecular flexibility index (Phi) is 5.48. The highest BCUT2D eigenvalue weighted by Gasteiger charge is 2.14. The molecule has 4 rings (SSSR count). The minimum atomic E-state index is -0.300. The van der Waals surface area contributed by atoms with Crippen LogP contribution in [0.15, 0.2) is 84.2 Å². The first-order valence-corrected chi connectivity index (χ1v) is 9.45. The van der Waals surface area contributed by atoms with Crippen LogP contribution < -0.4 is 10.2 Å². The molecule has 0 aliphatic heterocycles. The monoisotopic (exact) mass is 396 g/mol. The fourth-order valence-electron chi connectivity index (χ4n) is 3.14. The van der Waals surface area contributed by atoms with Crippen molar-refractivity contribution in [3.63, 3.8) is 0 Å². The minimum absolute atomic E-state index is 0.300. The zero-order valence-electron chi connectivity index (χ0n) is 16.7. The van der Waals surface area contributed by atoms with Crippen LogP contribution in [0.1, 0.15) is 22.8 Å². The summed E-state index contributed by atoms with van der Waals surface area (Å²) in [5.41, 5.74) is 7.06. The van der Waals surface area contributed by atoms with Gasteiger partial charge in [-0.15, -0.1) is 0 Å². The average molecular weight is 396 g/mol. The Labute approximate surface area is 174 Å². The molecule has 0 radical (unpaired) electrons. The lowest BCUT2D eigenvalue weighted by molar-refractivity contribution is 0.0956. The second kappa shape index (κ2) is 8.53. The van der Waals surface area contributed by atoms with Gasteiger partial charge in [-0.05, 0) is 43.3 Å². The molecule has 0 aliphatic carbocycles. The minimum Gasteiger partial charge on any atom is -0.497 e. The van der Waals surface area contributed by atoms with E-state index in [2.05, 4.69) is 15.5 Å². The SMILES string of the molecule is COc1cccc(/C(C)=N/NC(=O)c2cc(-c3ccncc3)nc3ccccc23)c1. The molecule has 0 spiro atoms. The number of rotatable bonds is 5. The molecular weight excluding hydrogens is 376 g/mol. The fourth-order valence-corrected chi connectivity index (χ4v) is 3.14. The number of para-hydroxylation sites is 1. The van der Waals surface area contributed by atoms with Gasteiger partial charge in [0.2, 0.25) is 0 Å². The van der Waals surface area contributed by atoms with Gasteiger partial charge >= 0.3 is 0 Å². The van der Waals surface area contributed by atoms with E-state index in [0.717, 1.165) is 27.8 Å². The van der Waals surface area contributed by atoms with Gasteiger partial charge in [0.15, 0.2) is 0 Å². The normalized spacial score (nSPS) is 11.3. The van der Waals surface area contributed by atoms with E-state index in [-0.39, 0.29) is 5.91 Å². The Morgan fingerprint density at radius 1 is 1.00 bits per heavy atom. The van der Waals surface area contributed by atoms with Gasteiger partial charge in [-0.25, -0.2) is 10.4 Å². The number of pyridine rings is 2. The number of hydrazone groups is 1. The van der Waals surface area contributed by atoms with E-state index in [0.29, 0.717) is 17.0 Å². The van der Waals surface area contributed by atoms with Gasteiger partial charge in [-0.3, -0.25) is 9.78 Å². The average Bonchev–Trinajstić information content (AvgIpc) is 2.82. The van der Waals surface area contributed by atoms with Gasteiger partial charge < -0.3 is 4.74 Å². The quantitative estimate of drug-likeness (QED) is 0.399. The van der Waals surface area contributed by atoms with Crippen molar-refractivity contribution in [2.45, 2.75) is 6.92 Å². The Hall–Kier alpha value is -4.06. The molecule has 0 bridgehead atoms. The van der Waals surface area contributed by atoms with E-state index in [9.17, 15) is 4.79 Å². The number of hydrogen-bond acceptors (Lipinski definition) is 5. The number of benzene rings is 2. The Balaban J connectivity index is 1.68. The molecule has 0 saturated heterocycles. The zero-order chi connectivity index (χ0) is 20.9. The molecule has 1 N–H and O–H groups in total. The van der Waals surface area contributed by atoms with Crippen molar-refractivity contribution in [1.29, 1.82) is 0 Å². The summed E-state index contributed by atoms with van der Waals surface area (Å²) < 4.78 is 5.25. The molecule has 2 heterocycles. The summed E-state index contributed by atoms with van der Waals surface area (Å²) in [6, 6.07) is 20.6. The van der Waals surface area contributed by atoms with Crippen molar-refractivity contribution in [2.24, 2.45) is 5.10 Å². The van der Waals surface area contributed by atoms with Crippen molar-refractivity contribution in [3.8, 4) is 17.0 Å². The molecule has 0 unspecified atom stereocenters. The first-order chi connectivity index (χ1) is 14.7. The molecule has 4 aromatic rings. The van der Waals surface area contributed by atoms with Crippen molar-refractivity contribution >= 4 is 22.5 Å². The van der Waals surface area contributed by atoms with Gasteiger partial charge in [-0.1, -0.05) is 30.3 Å². The lowest BCUT2D eigenvalue weighted by Gasteiger charge is -2.09. The molecule has 6 nitrogen and oxygen atoms in total. The van der Waals surface area contributed by atoms with Crippen LogP contribution in [-0.2, 0) is 0 Å². The van der Waals surface area contributed by atoms with E-state index >= 15 is 0 Å². The van der Waals surface area contributed by atoms with Gasteiger partial charge in [0, 0.05) is 28.9 Å². The van der Waals surface area contributed by atoms with Gasteiger partial charge in [0.1, 0.15) is 5.75 Å². The number of methoxy groups -OCH3 is 1. The lowest BCUT2D eigenvalue weighted by Crippen LogP contribution is -2.20. The smallest absolute Gasteiger partial charge is 0.272 e. The second-order valence-electron chi connectivity index (χ2n) is 6.68. The second-order valence-corrected chi connectivity index (χ2v) is 6.68. The van der Waals surface area contributed by atoms with Crippen molar-refractivity contribution in [3.05, 3.63) is 90.3 Å². The van der Waals surface area contributed by atoms with E-state index in [1.54, 1.807) is 25.6 Å². The van der Waals surface area contributed by atoms with E-state index < -0.39 is 0 Å². The third kappa shape index (κ3) is 4.03. The van der Waals surface area contributed by atoms with Crippen LogP contribution in [0, 0.1) is 0 Å². The number of carbonyl (C=O) groups is 1. The number of aromatic nitrogens is 2. The van der Waals surface area contributed by atoms with Crippen LogP contribution in [0.5, 0.6) is 5.75 Å². The molecule has 0 atom stereocenters. The number of carbonyl (C=O) groups excluding carboxylic acids is 1. The highest BCUT2D eigenvalue weighted by molar-refractivity contribution is 6.08. The molecule has 0 fully saturated rings. The largest absolute Gasteiger partial charge is 0.497 e. The van der Waals surface area contributed by atoms with E-state index in [1.807, 2.05) is 67.6 Å². The van der Waals surface area contributed by atoms with Crippen LogP contribution >= 0.6 is 0 Å². The van der Waals surface area contributed by atoms with Crippen LogP contribution in [0.4, 0.5) is 0 Å². The van der Waals surface area contributed by atoms with E-state index in [1.165, 1.54) is 0 Å². The summed E-state index contributed by atoms with van der Waals surface area (Å²) >= 11 is 0. The maximum atomic E-state index is 13.0. The highest BCUT2D eigenvalue weighted by atomic mass is 16.5. The first-order valence-electron chi connectivity index (χ1n) is 9.45. The molecule has 0 aliphatic rings. The first kappa shape index (κ1) is 19.3. The molecule has 2 aromatic carbocycles. The zero-order valence-corrected chi connectivity index (χ0v) is 16.7. The third-order valence-electron chi connectivity index (χ3n) is 4.75. The summed E-state index contributed by atoms with van der Waals surface area (Å²) in [4.78, 5) is 21.8. The Bertz CT molecular complexity index is 1240. The number of amides is 1. The summed E-state index contributed by atoms with van der Waals surface area (Å²) in [5, 5.41) is 5.05. The Morgan fingerprint density at radius 2 is 1.80 bits per heavy atom. The number of nitrogens with zero attached hydrogens (tertiary/aromatic N) is 3. The maximum Gasteiger partial charge on any atom is 0.272 e. The summed E-state index contributed by atoms with van der Waals surface area (Å²) in [5.74, 6) is 0.432. The molecule has 1 amide bonds. The molecule has 0 saturated carbocycles. The van der Waals surface area contributed by atoms with Crippen LogP contribution in [-0.4, -0.2) is 28.7 Å². The third-order valence-corrected chi connectivity index (χ3v) is 4.75. The van der Waals surface area contributed by atoms with Crippen LogP contribution in [0.25, 0.3) is 22.2 Å². The lowest BCUT2D eigenvalue weighted by atomic mass is 10.0. The predicted molar refractivity (Wildman–Crippen MR) is 118 cm³/mol. The van der Waals surface area contributed by atoms with Crippen molar-refractivity contribution in [1.82, 2.24) is 15.4 Å². The Morgan fingerprint density at radius 3 is 2.60 bits per heavy atom. The summed E-state index contributed by atoms with van der Waals surface area (Å²) in [7, 11) is 1.61. The van der Waals surface area contributed by atoms with Crippen molar-refractivity contribution in [2.75, 3.05) is 7.11 Å². The molecule has 30 heavy (non-hydrogen) atoms. The van der Waals surface area contributed by atoms with E-state index in [4.69, 9.17) is 9.72 Å². The molecule has 6 heteroatoms. The number of hydrogen-bond donors (Lipinski definition) is 1. The highest BCUT2D eigenvalue weighted by Crippen LogP contribution is 2.24. The van der Waals surface area contributed by atoms with Crippen LogP contribution in [0.2, 0.25) is 0 Å². The number of fused-ring (bicyclic) bond motifs is 1. The van der Waals surface area contributed by atoms with Gasteiger partial charge in [-0.2, -0.15) is 5.10 Å². The predicted octanol–water partition coefficient (Wildman–Crippen LogP) is 4.46. The molecule has 2 aromatic heterocycles. The van der Waals surface area contributed by atoms with Gasteiger partial charge in [0.25, 0.3) is 5.91 Å². The fraction of sp³-hybridized carbons (Fsp3) is 0.0833. The molecule has 148 valence electrons. The summed E-state index contributed by atoms with van der Waals surface area (Å²) in [6.07, 6.45) is 3.40. The summed E-state index contributed by atoms with van der Waals surface area (Å²) in [6.45, 7) is 1.84. The number of ether oxygens (including phenoxy) is 1. The van der Waals surface area contributed by atoms with Gasteiger partial charge in [0.05, 0.1) is 29.6 Å². The van der Waals surface area contributed by atoms with Crippen molar-refractivity contribution < 1.29 is 9.53 Å². The van der Waals surface area contributed by atoms with Crippen LogP contribution in [0.3, 0.4) is 0 Å². The maximum absolute atomic E-state index is 13.0. The standard InChI is InChI=1S/C24H20N4O2/c1-16(18-6-5-7-19(14-18)30-2)27-28-24(29)21-15-23(17-10-12-25-13-11-17)26-22-9-4-3-8-20(21)22/h3-15H,1-2H3,(H,28,29)/b27-16+. The number of nitrogens with one attached hydrogen (secondary N) is 1. The topological polar surface area (TPSA) is 76.5 Å².